The van der Waals surface area contributed by atoms with E-state index in [0.717, 1.165) is 40.4 Å². The van der Waals surface area contributed by atoms with Crippen LogP contribution in [0.4, 0.5) is 0 Å². The SMILES string of the molecule is N#C/C(=C/c1cc(I)c(OCc2ccc(C(=O)O)cc2)c(I)c1)c1ccc2ccccc2c1. The van der Waals surface area contributed by atoms with Crippen molar-refractivity contribution in [3.05, 3.63) is 108 Å². The van der Waals surface area contributed by atoms with Gasteiger partial charge in [0, 0.05) is 0 Å². The van der Waals surface area contributed by atoms with Gasteiger partial charge in [-0.1, -0.05) is 48.5 Å². The zero-order chi connectivity index (χ0) is 23.4. The molecule has 0 fully saturated rings. The minimum absolute atomic E-state index is 0.249. The van der Waals surface area contributed by atoms with Gasteiger partial charge in [-0.15, -0.1) is 0 Å². The number of benzene rings is 4. The molecule has 0 radical (unpaired) electrons. The molecule has 1 N–H and O–H groups in total. The highest BCUT2D eigenvalue weighted by molar-refractivity contribution is 14.1. The smallest absolute Gasteiger partial charge is 0.335 e. The number of carboxylic acids is 1. The van der Waals surface area contributed by atoms with E-state index in [9.17, 15) is 10.1 Å². The van der Waals surface area contributed by atoms with E-state index in [2.05, 4.69) is 57.3 Å². The molecule has 0 aliphatic heterocycles. The molecule has 0 aliphatic rings. The van der Waals surface area contributed by atoms with Gasteiger partial charge in [-0.05, 0) is 109 Å². The van der Waals surface area contributed by atoms with Crippen LogP contribution in [0.5, 0.6) is 5.75 Å². The Bertz CT molecular complexity index is 1400. The number of carboxylic acid groups (broad SMARTS) is 1. The fraction of sp³-hybridized carbons (Fsp3) is 0.0370. The zero-order valence-corrected chi connectivity index (χ0v) is 21.6. The summed E-state index contributed by atoms with van der Waals surface area (Å²) >= 11 is 4.47. The van der Waals surface area contributed by atoms with Crippen LogP contribution in [-0.4, -0.2) is 11.1 Å². The van der Waals surface area contributed by atoms with Crippen LogP contribution < -0.4 is 4.74 Å². The molecule has 0 aromatic heterocycles. The predicted molar refractivity (Wildman–Crippen MR) is 147 cm³/mol. The Morgan fingerprint density at radius 1 is 0.909 bits per heavy atom. The number of hydrogen-bond acceptors (Lipinski definition) is 3. The molecule has 0 atom stereocenters. The molecule has 33 heavy (non-hydrogen) atoms. The summed E-state index contributed by atoms with van der Waals surface area (Å²) in [6.07, 6.45) is 1.89. The molecule has 0 saturated heterocycles. The van der Waals surface area contributed by atoms with Crippen molar-refractivity contribution in [2.45, 2.75) is 6.61 Å². The number of fused-ring (bicyclic) bond motifs is 1. The summed E-state index contributed by atoms with van der Waals surface area (Å²) in [6, 6.07) is 27.1. The van der Waals surface area contributed by atoms with Gasteiger partial charge in [0.1, 0.15) is 12.4 Å². The van der Waals surface area contributed by atoms with Crippen LogP contribution in [0.1, 0.15) is 27.0 Å². The molecule has 162 valence electrons. The van der Waals surface area contributed by atoms with Crippen molar-refractivity contribution in [1.82, 2.24) is 0 Å². The van der Waals surface area contributed by atoms with Crippen LogP contribution in [0.3, 0.4) is 0 Å². The Kier molecular flexibility index (Phi) is 7.30. The highest BCUT2D eigenvalue weighted by Gasteiger charge is 2.11. The number of carbonyl (C=O) groups is 1. The van der Waals surface area contributed by atoms with Gasteiger partial charge in [0.25, 0.3) is 0 Å². The Balaban J connectivity index is 1.56. The maximum absolute atomic E-state index is 11.0. The third-order valence-corrected chi connectivity index (χ3v) is 6.70. The molecule has 4 aromatic carbocycles. The molecule has 0 heterocycles. The first-order valence-corrected chi connectivity index (χ1v) is 12.2. The van der Waals surface area contributed by atoms with Gasteiger partial charge in [-0.3, -0.25) is 0 Å². The lowest BCUT2D eigenvalue weighted by atomic mass is 10.0. The summed E-state index contributed by atoms with van der Waals surface area (Å²) in [5.41, 5.74) is 3.54. The second kappa shape index (κ2) is 10.4. The van der Waals surface area contributed by atoms with Crippen LogP contribution in [0.25, 0.3) is 22.4 Å². The van der Waals surface area contributed by atoms with Crippen LogP contribution in [-0.2, 0) is 6.61 Å². The summed E-state index contributed by atoms with van der Waals surface area (Å²) in [6.45, 7) is 0.335. The van der Waals surface area contributed by atoms with E-state index in [4.69, 9.17) is 9.84 Å². The van der Waals surface area contributed by atoms with Gasteiger partial charge in [-0.2, -0.15) is 5.26 Å². The standard InChI is InChI=1S/C27H17I2NO3/c28-24-12-18(11-23(15-30)22-10-9-19-3-1-2-4-21(19)14-22)13-25(29)26(24)33-16-17-5-7-20(8-6-17)27(31)32/h1-14H,16H2,(H,31,32)/b23-11-. The summed E-state index contributed by atoms with van der Waals surface area (Å²) in [7, 11) is 0. The minimum Gasteiger partial charge on any atom is -0.487 e. The number of halogens is 2. The number of ether oxygens (including phenoxy) is 1. The van der Waals surface area contributed by atoms with Crippen molar-refractivity contribution in [3.8, 4) is 11.8 Å². The summed E-state index contributed by atoms with van der Waals surface area (Å²) in [5, 5.41) is 21.0. The summed E-state index contributed by atoms with van der Waals surface area (Å²) in [4.78, 5) is 11.0. The second-order valence-corrected chi connectivity index (χ2v) is 9.66. The number of rotatable bonds is 6. The molecule has 4 rings (SSSR count). The second-order valence-electron chi connectivity index (χ2n) is 7.34. The van der Waals surface area contributed by atoms with Gasteiger partial charge in [0.05, 0.1) is 24.3 Å². The lowest BCUT2D eigenvalue weighted by molar-refractivity contribution is 0.0697. The van der Waals surface area contributed by atoms with Crippen LogP contribution in [0.15, 0.2) is 78.9 Å². The average molecular weight is 657 g/mol. The Labute approximate surface area is 218 Å². The van der Waals surface area contributed by atoms with E-state index in [0.29, 0.717) is 12.2 Å². The number of aromatic carboxylic acids is 1. The molecule has 6 heteroatoms. The van der Waals surface area contributed by atoms with Gasteiger partial charge in [-0.25, -0.2) is 4.79 Å². The van der Waals surface area contributed by atoms with E-state index >= 15 is 0 Å². The first-order valence-electron chi connectivity index (χ1n) is 9.99. The van der Waals surface area contributed by atoms with E-state index in [1.54, 1.807) is 24.3 Å². The van der Waals surface area contributed by atoms with Crippen molar-refractivity contribution in [2.75, 3.05) is 0 Å². The van der Waals surface area contributed by atoms with E-state index in [1.807, 2.05) is 54.6 Å². The lowest BCUT2D eigenvalue weighted by Gasteiger charge is -2.12. The number of nitriles is 1. The number of hydrogen-bond donors (Lipinski definition) is 1. The fourth-order valence-corrected chi connectivity index (χ4v) is 5.53. The van der Waals surface area contributed by atoms with E-state index in [-0.39, 0.29) is 5.56 Å². The zero-order valence-electron chi connectivity index (χ0n) is 17.3. The molecule has 0 aliphatic carbocycles. The summed E-state index contributed by atoms with van der Waals surface area (Å²) < 4.78 is 7.89. The molecule has 0 saturated carbocycles. The molecule has 0 unspecified atom stereocenters. The molecule has 4 nitrogen and oxygen atoms in total. The summed E-state index contributed by atoms with van der Waals surface area (Å²) in [5.74, 6) is -0.185. The third-order valence-electron chi connectivity index (χ3n) is 5.10. The topological polar surface area (TPSA) is 70.3 Å². The molecule has 0 bridgehead atoms. The quantitative estimate of drug-likeness (QED) is 0.134. The lowest BCUT2D eigenvalue weighted by Crippen LogP contribution is -2.01. The van der Waals surface area contributed by atoms with E-state index < -0.39 is 5.97 Å². The first-order chi connectivity index (χ1) is 15.9. The van der Waals surface area contributed by atoms with Gasteiger partial charge in [0.15, 0.2) is 0 Å². The van der Waals surface area contributed by atoms with Crippen molar-refractivity contribution < 1.29 is 14.6 Å². The molecular formula is C27H17I2NO3. The van der Waals surface area contributed by atoms with Crippen LogP contribution >= 0.6 is 45.2 Å². The van der Waals surface area contributed by atoms with Crippen LogP contribution in [0, 0.1) is 18.5 Å². The molecule has 0 spiro atoms. The first kappa shape index (κ1) is 23.3. The monoisotopic (exact) mass is 657 g/mol. The number of allylic oxidation sites excluding steroid dienone is 1. The largest absolute Gasteiger partial charge is 0.487 e. The Hall–Kier alpha value is -2.90. The van der Waals surface area contributed by atoms with E-state index in [1.165, 1.54) is 0 Å². The van der Waals surface area contributed by atoms with Crippen molar-refractivity contribution in [3.63, 3.8) is 0 Å². The van der Waals surface area contributed by atoms with Gasteiger partial charge < -0.3 is 9.84 Å². The average Bonchev–Trinajstić information content (AvgIpc) is 2.82. The third kappa shape index (κ3) is 5.54. The maximum Gasteiger partial charge on any atom is 0.335 e. The highest BCUT2D eigenvalue weighted by Crippen LogP contribution is 2.31. The van der Waals surface area contributed by atoms with Crippen LogP contribution in [0.2, 0.25) is 0 Å². The minimum atomic E-state index is -0.948. The fourth-order valence-electron chi connectivity index (χ4n) is 3.40. The molecule has 4 aromatic rings. The predicted octanol–water partition coefficient (Wildman–Crippen LogP) is 7.39. The number of nitrogens with zero attached hydrogens (tertiary/aromatic N) is 1. The normalized spacial score (nSPS) is 11.2. The Morgan fingerprint density at radius 2 is 1.55 bits per heavy atom. The van der Waals surface area contributed by atoms with Gasteiger partial charge in [0.2, 0.25) is 0 Å². The molecular weight excluding hydrogens is 640 g/mol. The maximum atomic E-state index is 11.0. The van der Waals surface area contributed by atoms with Crippen molar-refractivity contribution in [2.24, 2.45) is 0 Å². The van der Waals surface area contributed by atoms with Crippen molar-refractivity contribution in [1.29, 1.82) is 5.26 Å². The highest BCUT2D eigenvalue weighted by atomic mass is 127. The van der Waals surface area contributed by atoms with Gasteiger partial charge >= 0.3 is 5.97 Å². The Morgan fingerprint density at radius 3 is 2.18 bits per heavy atom. The molecule has 0 amide bonds. The van der Waals surface area contributed by atoms with Crippen molar-refractivity contribution >= 4 is 73.6 Å².